The van der Waals surface area contributed by atoms with Crippen molar-refractivity contribution < 1.29 is 9.59 Å². The molecule has 3 aromatic rings. The van der Waals surface area contributed by atoms with Gasteiger partial charge in [-0.3, -0.25) is 9.59 Å². The number of fused-ring (bicyclic) bond motifs is 1. The van der Waals surface area contributed by atoms with Gasteiger partial charge in [0.1, 0.15) is 6.54 Å². The summed E-state index contributed by atoms with van der Waals surface area (Å²) >= 11 is 1.35. The smallest absolute Gasteiger partial charge is 0.240 e. The molecule has 0 bridgehead atoms. The molecule has 2 aromatic carbocycles. The topological polar surface area (TPSA) is 76.0 Å². The summed E-state index contributed by atoms with van der Waals surface area (Å²) in [5.74, 6) is 0.0736. The molecule has 0 saturated heterocycles. The van der Waals surface area contributed by atoms with Crippen molar-refractivity contribution in [1.29, 1.82) is 0 Å². The Morgan fingerprint density at radius 2 is 1.91 bits per heavy atom. The summed E-state index contributed by atoms with van der Waals surface area (Å²) in [6.07, 6.45) is 8.05. The van der Waals surface area contributed by atoms with Crippen molar-refractivity contribution in [2.24, 2.45) is 0 Å². The first-order valence-corrected chi connectivity index (χ1v) is 12.9. The molecule has 0 fully saturated rings. The molecule has 1 aliphatic rings. The van der Waals surface area contributed by atoms with Gasteiger partial charge in [-0.1, -0.05) is 41.6 Å². The molecule has 0 saturated carbocycles. The Morgan fingerprint density at radius 1 is 1.06 bits per heavy atom. The Hall–Kier alpha value is -3.06. The maximum absolute atomic E-state index is 12.7. The molecule has 1 aliphatic carbocycles. The predicted octanol–water partition coefficient (Wildman–Crippen LogP) is 5.39. The molecule has 0 radical (unpaired) electrons. The monoisotopic (exact) mass is 476 g/mol. The van der Waals surface area contributed by atoms with Crippen LogP contribution in [0.25, 0.3) is 11.0 Å². The average molecular weight is 477 g/mol. The number of para-hydroxylation sites is 2. The number of rotatable bonds is 9. The minimum absolute atomic E-state index is 0.0407. The Bertz CT molecular complexity index is 1210. The third-order valence-electron chi connectivity index (χ3n) is 6.20. The van der Waals surface area contributed by atoms with E-state index in [9.17, 15) is 9.59 Å². The van der Waals surface area contributed by atoms with E-state index in [0.29, 0.717) is 11.7 Å². The van der Waals surface area contributed by atoms with E-state index in [-0.39, 0.29) is 24.1 Å². The van der Waals surface area contributed by atoms with Crippen LogP contribution >= 0.6 is 11.8 Å². The first-order valence-electron chi connectivity index (χ1n) is 11.9. The van der Waals surface area contributed by atoms with Crippen LogP contribution in [0.2, 0.25) is 0 Å². The lowest BCUT2D eigenvalue weighted by molar-refractivity contribution is -0.121. The highest BCUT2D eigenvalue weighted by Gasteiger charge is 2.16. The van der Waals surface area contributed by atoms with Crippen LogP contribution in [0, 0.1) is 13.8 Å². The lowest BCUT2D eigenvalue weighted by Crippen LogP contribution is -2.29. The van der Waals surface area contributed by atoms with E-state index in [1.807, 2.05) is 60.9 Å². The number of carbonyl (C=O) groups excluding carboxylic acids is 2. The fourth-order valence-corrected chi connectivity index (χ4v) is 4.97. The lowest BCUT2D eigenvalue weighted by Gasteiger charge is -2.13. The molecule has 7 heteroatoms. The van der Waals surface area contributed by atoms with Gasteiger partial charge in [0.2, 0.25) is 11.8 Å². The number of nitrogens with one attached hydrogen (secondary N) is 2. The van der Waals surface area contributed by atoms with Gasteiger partial charge in [0.25, 0.3) is 0 Å². The van der Waals surface area contributed by atoms with Gasteiger partial charge < -0.3 is 15.2 Å². The maximum Gasteiger partial charge on any atom is 0.240 e. The normalized spacial score (nSPS) is 13.5. The molecule has 34 heavy (non-hydrogen) atoms. The number of aryl methyl sites for hydroxylation is 2. The third kappa shape index (κ3) is 6.29. The van der Waals surface area contributed by atoms with Crippen molar-refractivity contribution in [2.45, 2.75) is 57.7 Å². The summed E-state index contributed by atoms with van der Waals surface area (Å²) in [6.45, 7) is 4.91. The number of anilines is 1. The molecule has 2 N–H and O–H groups in total. The summed E-state index contributed by atoms with van der Waals surface area (Å²) in [4.78, 5) is 30.0. The molecule has 0 atom stereocenters. The van der Waals surface area contributed by atoms with Crippen molar-refractivity contribution >= 4 is 40.3 Å². The van der Waals surface area contributed by atoms with E-state index in [0.717, 1.165) is 41.5 Å². The average Bonchev–Trinajstić information content (AvgIpc) is 3.18. The molecule has 178 valence electrons. The van der Waals surface area contributed by atoms with E-state index >= 15 is 0 Å². The van der Waals surface area contributed by atoms with Crippen LogP contribution in [0.4, 0.5) is 5.69 Å². The number of nitrogens with zero attached hydrogens (tertiary/aromatic N) is 2. The van der Waals surface area contributed by atoms with Crippen molar-refractivity contribution in [1.82, 2.24) is 14.9 Å². The zero-order chi connectivity index (χ0) is 23.9. The third-order valence-corrected chi connectivity index (χ3v) is 7.17. The number of aromatic nitrogens is 2. The summed E-state index contributed by atoms with van der Waals surface area (Å²) in [7, 11) is 0. The molecule has 0 spiro atoms. The summed E-state index contributed by atoms with van der Waals surface area (Å²) in [5, 5.41) is 6.67. The van der Waals surface area contributed by atoms with Gasteiger partial charge in [0, 0.05) is 12.2 Å². The lowest BCUT2D eigenvalue weighted by atomic mass is 9.97. The maximum atomic E-state index is 12.7. The number of imidazole rings is 1. The molecule has 1 heterocycles. The SMILES string of the molecule is Cc1ccc(NC(=O)CSc2nc3ccccc3n2CC(=O)NCCC2=CCCCC2)cc1C. The Kier molecular flexibility index (Phi) is 8.06. The number of thioether (sulfide) groups is 1. The zero-order valence-corrected chi connectivity index (χ0v) is 20.7. The van der Waals surface area contributed by atoms with Crippen LogP contribution in [-0.4, -0.2) is 33.7 Å². The van der Waals surface area contributed by atoms with Crippen LogP contribution in [0.1, 0.15) is 43.2 Å². The van der Waals surface area contributed by atoms with Gasteiger partial charge in [-0.2, -0.15) is 0 Å². The second-order valence-corrected chi connectivity index (χ2v) is 9.76. The van der Waals surface area contributed by atoms with Crippen LogP contribution in [-0.2, 0) is 16.1 Å². The van der Waals surface area contributed by atoms with Crippen molar-refractivity contribution in [3.63, 3.8) is 0 Å². The first-order chi connectivity index (χ1) is 16.5. The molecular weight excluding hydrogens is 444 g/mol. The van der Waals surface area contributed by atoms with E-state index in [4.69, 9.17) is 0 Å². The van der Waals surface area contributed by atoms with E-state index < -0.39 is 0 Å². The highest BCUT2D eigenvalue weighted by Crippen LogP contribution is 2.25. The molecule has 0 aliphatic heterocycles. The van der Waals surface area contributed by atoms with Crippen molar-refractivity contribution in [3.05, 3.63) is 65.2 Å². The van der Waals surface area contributed by atoms with Gasteiger partial charge >= 0.3 is 0 Å². The highest BCUT2D eigenvalue weighted by molar-refractivity contribution is 7.99. The van der Waals surface area contributed by atoms with Gasteiger partial charge in [-0.25, -0.2) is 4.98 Å². The fraction of sp³-hybridized carbons (Fsp3) is 0.370. The second kappa shape index (κ2) is 11.4. The largest absolute Gasteiger partial charge is 0.354 e. The quantitative estimate of drug-likeness (QED) is 0.321. The molecule has 1 aromatic heterocycles. The van der Waals surface area contributed by atoms with Crippen LogP contribution in [0.3, 0.4) is 0 Å². The number of benzene rings is 2. The molecular formula is C27H32N4O2S. The van der Waals surface area contributed by atoms with Gasteiger partial charge in [0.05, 0.1) is 16.8 Å². The van der Waals surface area contributed by atoms with Crippen LogP contribution in [0.15, 0.2) is 59.3 Å². The van der Waals surface area contributed by atoms with Crippen molar-refractivity contribution in [2.75, 3.05) is 17.6 Å². The van der Waals surface area contributed by atoms with E-state index in [2.05, 4.69) is 21.7 Å². The predicted molar refractivity (Wildman–Crippen MR) is 139 cm³/mol. The number of carbonyl (C=O) groups is 2. The zero-order valence-electron chi connectivity index (χ0n) is 19.9. The van der Waals surface area contributed by atoms with Crippen molar-refractivity contribution in [3.8, 4) is 0 Å². The minimum atomic E-state index is -0.0999. The van der Waals surface area contributed by atoms with Gasteiger partial charge in [-0.15, -0.1) is 0 Å². The number of hydrogen-bond donors (Lipinski definition) is 2. The van der Waals surface area contributed by atoms with Gasteiger partial charge in [0.15, 0.2) is 5.16 Å². The van der Waals surface area contributed by atoms with Gasteiger partial charge in [-0.05, 0) is 81.3 Å². The standard InChI is InChI=1S/C27H32N4O2S/c1-19-12-13-22(16-20(19)2)29-26(33)18-34-27-30-23-10-6-7-11-24(23)31(27)17-25(32)28-15-14-21-8-4-3-5-9-21/h6-8,10-13,16H,3-5,9,14-15,17-18H2,1-2H3,(H,28,32)(H,29,33). The number of amides is 2. The number of hydrogen-bond acceptors (Lipinski definition) is 4. The fourth-order valence-electron chi connectivity index (χ4n) is 4.16. The summed E-state index contributed by atoms with van der Waals surface area (Å²) < 4.78 is 1.90. The number of allylic oxidation sites excluding steroid dienone is 1. The molecule has 0 unspecified atom stereocenters. The minimum Gasteiger partial charge on any atom is -0.354 e. The second-order valence-electron chi connectivity index (χ2n) is 8.81. The summed E-state index contributed by atoms with van der Waals surface area (Å²) in [5.41, 5.74) is 6.28. The Labute approximate surface area is 205 Å². The van der Waals surface area contributed by atoms with E-state index in [1.165, 1.54) is 35.7 Å². The van der Waals surface area contributed by atoms with Crippen LogP contribution < -0.4 is 10.6 Å². The highest BCUT2D eigenvalue weighted by atomic mass is 32.2. The first kappa shape index (κ1) is 24.1. The Balaban J connectivity index is 1.38. The molecule has 6 nitrogen and oxygen atoms in total. The molecule has 4 rings (SSSR count). The van der Waals surface area contributed by atoms with E-state index in [1.54, 1.807) is 0 Å². The van der Waals surface area contributed by atoms with Crippen LogP contribution in [0.5, 0.6) is 0 Å². The Morgan fingerprint density at radius 3 is 2.71 bits per heavy atom. The summed E-state index contributed by atoms with van der Waals surface area (Å²) in [6, 6.07) is 13.6. The molecule has 2 amide bonds.